The molecular weight excluding hydrogens is 370 g/mol. The van der Waals surface area contributed by atoms with Crippen LogP contribution in [0.5, 0.6) is 0 Å². The van der Waals surface area contributed by atoms with Crippen LogP contribution in [0, 0.1) is 10.1 Å². The molecule has 29 heavy (non-hydrogen) atoms. The van der Waals surface area contributed by atoms with Crippen molar-refractivity contribution in [2.45, 2.75) is 69.1 Å². The standard InChI is InChI=1S/C22H31N3O4/c1-23(21(26)15-17-5-7-18(8-6-17)25(27)28)19-9-11-22(10-4-14-29-22)16-20(19)24-12-2-3-13-24/h5-8,19-20H,2-4,9-16H2,1H3. The van der Waals surface area contributed by atoms with E-state index in [-0.39, 0.29) is 29.7 Å². The van der Waals surface area contributed by atoms with Crippen LogP contribution in [-0.2, 0) is 16.0 Å². The lowest BCUT2D eigenvalue weighted by atomic mass is 9.76. The van der Waals surface area contributed by atoms with E-state index >= 15 is 0 Å². The summed E-state index contributed by atoms with van der Waals surface area (Å²) in [4.78, 5) is 28.0. The minimum Gasteiger partial charge on any atom is -0.375 e. The summed E-state index contributed by atoms with van der Waals surface area (Å²) in [5, 5.41) is 10.8. The Labute approximate surface area is 172 Å². The van der Waals surface area contributed by atoms with E-state index in [4.69, 9.17) is 4.74 Å². The molecule has 1 spiro atoms. The molecule has 1 aromatic rings. The Morgan fingerprint density at radius 1 is 1.24 bits per heavy atom. The van der Waals surface area contributed by atoms with Gasteiger partial charge in [0.1, 0.15) is 0 Å². The molecule has 3 aliphatic rings. The van der Waals surface area contributed by atoms with Gasteiger partial charge in [-0.1, -0.05) is 12.1 Å². The first-order valence-electron chi connectivity index (χ1n) is 10.8. The summed E-state index contributed by atoms with van der Waals surface area (Å²) in [5.74, 6) is 0.0799. The average molecular weight is 402 g/mol. The van der Waals surface area contributed by atoms with Gasteiger partial charge in [-0.2, -0.15) is 0 Å². The van der Waals surface area contributed by atoms with Crippen molar-refractivity contribution >= 4 is 11.6 Å². The monoisotopic (exact) mass is 401 g/mol. The number of ether oxygens (including phenoxy) is 1. The molecule has 2 saturated heterocycles. The van der Waals surface area contributed by atoms with Gasteiger partial charge in [0.05, 0.1) is 16.9 Å². The molecule has 0 bridgehead atoms. The average Bonchev–Trinajstić information content (AvgIpc) is 3.40. The number of carbonyl (C=O) groups excluding carboxylic acids is 1. The zero-order chi connectivity index (χ0) is 20.4. The Balaban J connectivity index is 1.45. The molecule has 1 saturated carbocycles. The molecule has 0 N–H and O–H groups in total. The minimum atomic E-state index is -0.415. The highest BCUT2D eigenvalue weighted by molar-refractivity contribution is 5.79. The highest BCUT2D eigenvalue weighted by Crippen LogP contribution is 2.43. The van der Waals surface area contributed by atoms with E-state index < -0.39 is 4.92 Å². The molecule has 1 aromatic carbocycles. The molecule has 2 aliphatic heterocycles. The maximum absolute atomic E-state index is 13.0. The van der Waals surface area contributed by atoms with Gasteiger partial charge in [0.25, 0.3) is 5.69 Å². The van der Waals surface area contributed by atoms with Crippen LogP contribution < -0.4 is 0 Å². The number of non-ortho nitro benzene ring substituents is 1. The van der Waals surface area contributed by atoms with Crippen molar-refractivity contribution in [1.82, 2.24) is 9.80 Å². The van der Waals surface area contributed by atoms with Gasteiger partial charge in [-0.15, -0.1) is 0 Å². The number of benzene rings is 1. The summed E-state index contributed by atoms with van der Waals surface area (Å²) < 4.78 is 6.20. The Hall–Kier alpha value is -1.99. The topological polar surface area (TPSA) is 75.9 Å². The second-order valence-electron chi connectivity index (χ2n) is 8.86. The molecule has 2 heterocycles. The molecule has 158 valence electrons. The summed E-state index contributed by atoms with van der Waals surface area (Å²) in [6.07, 6.45) is 8.05. The number of rotatable bonds is 5. The summed E-state index contributed by atoms with van der Waals surface area (Å²) in [6, 6.07) is 6.87. The van der Waals surface area contributed by atoms with E-state index in [9.17, 15) is 14.9 Å². The van der Waals surface area contributed by atoms with Crippen molar-refractivity contribution in [3.63, 3.8) is 0 Å². The zero-order valence-electron chi connectivity index (χ0n) is 17.2. The predicted octanol–water partition coefficient (Wildman–Crippen LogP) is 3.16. The lowest BCUT2D eigenvalue weighted by molar-refractivity contribution is -0.384. The maximum atomic E-state index is 13.0. The lowest BCUT2D eigenvalue weighted by Gasteiger charge is -2.48. The van der Waals surface area contributed by atoms with Crippen molar-refractivity contribution in [3.8, 4) is 0 Å². The van der Waals surface area contributed by atoms with Crippen LogP contribution >= 0.6 is 0 Å². The molecular formula is C22H31N3O4. The normalized spacial score (nSPS) is 30.0. The molecule has 0 radical (unpaired) electrons. The van der Waals surface area contributed by atoms with Gasteiger partial charge in [-0.25, -0.2) is 0 Å². The Morgan fingerprint density at radius 3 is 2.59 bits per heavy atom. The smallest absolute Gasteiger partial charge is 0.269 e. The van der Waals surface area contributed by atoms with Crippen LogP contribution in [0.25, 0.3) is 0 Å². The first kappa shape index (κ1) is 20.3. The number of likely N-dealkylation sites (tertiary alicyclic amines) is 1. The number of carbonyl (C=O) groups is 1. The van der Waals surface area contributed by atoms with Crippen molar-refractivity contribution in [3.05, 3.63) is 39.9 Å². The first-order chi connectivity index (χ1) is 14.0. The van der Waals surface area contributed by atoms with Crippen LogP contribution in [-0.4, -0.2) is 65.1 Å². The van der Waals surface area contributed by atoms with E-state index in [1.165, 1.54) is 25.0 Å². The van der Waals surface area contributed by atoms with Crippen LogP contribution in [0.4, 0.5) is 5.69 Å². The van der Waals surface area contributed by atoms with Crippen LogP contribution in [0.2, 0.25) is 0 Å². The fraction of sp³-hybridized carbons (Fsp3) is 0.682. The number of hydrogen-bond donors (Lipinski definition) is 0. The fourth-order valence-electron chi connectivity index (χ4n) is 5.45. The molecule has 3 fully saturated rings. The number of likely N-dealkylation sites (N-methyl/N-ethyl adjacent to an activating group) is 1. The van der Waals surface area contributed by atoms with E-state index in [2.05, 4.69) is 4.90 Å². The molecule has 1 aliphatic carbocycles. The van der Waals surface area contributed by atoms with Gasteiger partial charge < -0.3 is 9.64 Å². The highest BCUT2D eigenvalue weighted by atomic mass is 16.6. The third-order valence-electron chi connectivity index (χ3n) is 7.11. The second-order valence-corrected chi connectivity index (χ2v) is 8.86. The zero-order valence-corrected chi connectivity index (χ0v) is 17.2. The second kappa shape index (κ2) is 8.40. The van der Waals surface area contributed by atoms with Crippen molar-refractivity contribution in [1.29, 1.82) is 0 Å². The number of hydrogen-bond acceptors (Lipinski definition) is 5. The molecule has 0 aromatic heterocycles. The van der Waals surface area contributed by atoms with Crippen LogP contribution in [0.1, 0.15) is 50.5 Å². The summed E-state index contributed by atoms with van der Waals surface area (Å²) in [6.45, 7) is 3.09. The SMILES string of the molecule is CN(C(=O)Cc1ccc([N+](=O)[O-])cc1)C1CCC2(CCCO2)CC1N1CCCC1. The molecule has 3 unspecified atom stereocenters. The lowest BCUT2D eigenvalue weighted by Crippen LogP contribution is -2.58. The van der Waals surface area contributed by atoms with Crippen LogP contribution in [0.15, 0.2) is 24.3 Å². The Bertz CT molecular complexity index is 739. The summed E-state index contributed by atoms with van der Waals surface area (Å²) >= 11 is 0. The number of nitrogens with zero attached hydrogens (tertiary/aromatic N) is 3. The van der Waals surface area contributed by atoms with Gasteiger partial charge in [0.15, 0.2) is 0 Å². The van der Waals surface area contributed by atoms with Gasteiger partial charge in [0.2, 0.25) is 5.91 Å². The van der Waals surface area contributed by atoms with Gasteiger partial charge in [0, 0.05) is 37.9 Å². The van der Waals surface area contributed by atoms with Gasteiger partial charge in [-0.3, -0.25) is 19.8 Å². The van der Waals surface area contributed by atoms with Crippen LogP contribution in [0.3, 0.4) is 0 Å². The third-order valence-corrected chi connectivity index (χ3v) is 7.11. The number of nitro benzene ring substituents is 1. The Kier molecular flexibility index (Phi) is 5.88. The van der Waals surface area contributed by atoms with Crippen molar-refractivity contribution in [2.75, 3.05) is 26.7 Å². The first-order valence-corrected chi connectivity index (χ1v) is 10.8. The predicted molar refractivity (Wildman–Crippen MR) is 110 cm³/mol. The minimum absolute atomic E-state index is 0.0199. The molecule has 1 amide bonds. The van der Waals surface area contributed by atoms with E-state index in [1.807, 2.05) is 11.9 Å². The number of nitro groups is 1. The molecule has 7 heteroatoms. The van der Waals surface area contributed by atoms with Crippen molar-refractivity contribution in [2.24, 2.45) is 0 Å². The third kappa shape index (κ3) is 4.31. The van der Waals surface area contributed by atoms with Gasteiger partial charge in [-0.05, 0) is 63.6 Å². The Morgan fingerprint density at radius 2 is 1.97 bits per heavy atom. The largest absolute Gasteiger partial charge is 0.375 e. The fourth-order valence-corrected chi connectivity index (χ4v) is 5.45. The quantitative estimate of drug-likeness (QED) is 0.560. The van der Waals surface area contributed by atoms with Gasteiger partial charge >= 0.3 is 0 Å². The maximum Gasteiger partial charge on any atom is 0.269 e. The summed E-state index contributed by atoms with van der Waals surface area (Å²) in [7, 11) is 1.93. The van der Waals surface area contributed by atoms with E-state index in [0.29, 0.717) is 6.04 Å². The highest BCUT2D eigenvalue weighted by Gasteiger charge is 2.47. The molecule has 7 nitrogen and oxygen atoms in total. The summed E-state index contributed by atoms with van der Waals surface area (Å²) in [5.41, 5.74) is 0.890. The van der Waals surface area contributed by atoms with E-state index in [1.54, 1.807) is 12.1 Å². The number of amides is 1. The molecule has 3 atom stereocenters. The van der Waals surface area contributed by atoms with Crippen molar-refractivity contribution < 1.29 is 14.5 Å². The molecule has 4 rings (SSSR count). The van der Waals surface area contributed by atoms with E-state index in [0.717, 1.165) is 57.4 Å².